The zero-order valence-corrected chi connectivity index (χ0v) is 10.5. The first-order valence-electron chi connectivity index (χ1n) is 5.81. The van der Waals surface area contributed by atoms with Gasteiger partial charge in [0.2, 0.25) is 0 Å². The summed E-state index contributed by atoms with van der Waals surface area (Å²) < 4.78 is 0. The number of carbonyl (C=O) groups excluding carboxylic acids is 1. The van der Waals surface area contributed by atoms with E-state index in [4.69, 9.17) is 5.21 Å². The van der Waals surface area contributed by atoms with Crippen molar-refractivity contribution in [2.75, 3.05) is 0 Å². The van der Waals surface area contributed by atoms with Gasteiger partial charge < -0.3 is 5.21 Å². The lowest BCUT2D eigenvalue weighted by Crippen LogP contribution is -2.17. The van der Waals surface area contributed by atoms with Crippen LogP contribution in [0.5, 0.6) is 0 Å². The van der Waals surface area contributed by atoms with Crippen LogP contribution in [0.15, 0.2) is 58.9 Å². The van der Waals surface area contributed by atoms with Gasteiger partial charge in [-0.25, -0.2) is 5.43 Å². The van der Waals surface area contributed by atoms with Crippen LogP contribution in [0.1, 0.15) is 21.6 Å². The number of pyridine rings is 1. The fourth-order valence-corrected chi connectivity index (χ4v) is 1.44. The lowest BCUT2D eigenvalue weighted by atomic mass is 10.2. The van der Waals surface area contributed by atoms with Crippen LogP contribution in [0.2, 0.25) is 0 Å². The van der Waals surface area contributed by atoms with Gasteiger partial charge in [0.05, 0.1) is 23.7 Å². The first-order valence-corrected chi connectivity index (χ1v) is 5.81. The summed E-state index contributed by atoms with van der Waals surface area (Å²) in [5.74, 6) is -0.364. The fraction of sp³-hybridized carbons (Fsp3) is 0. The molecule has 1 aromatic heterocycles. The molecule has 0 spiro atoms. The lowest BCUT2D eigenvalue weighted by Gasteiger charge is -1.99. The molecule has 100 valence electrons. The summed E-state index contributed by atoms with van der Waals surface area (Å²) in [6, 6.07) is 12.6. The highest BCUT2D eigenvalue weighted by Crippen LogP contribution is 1.99. The van der Waals surface area contributed by atoms with E-state index < -0.39 is 0 Å². The molecule has 1 aromatic carbocycles. The number of hydrazone groups is 1. The zero-order valence-electron chi connectivity index (χ0n) is 10.5. The second-order valence-corrected chi connectivity index (χ2v) is 3.83. The topological polar surface area (TPSA) is 86.9 Å². The van der Waals surface area contributed by atoms with Crippen molar-refractivity contribution < 1.29 is 10.0 Å². The minimum absolute atomic E-state index is 0.364. The number of rotatable bonds is 4. The third-order valence-electron chi connectivity index (χ3n) is 2.42. The van der Waals surface area contributed by atoms with E-state index in [1.54, 1.807) is 18.3 Å². The van der Waals surface area contributed by atoms with Crippen molar-refractivity contribution >= 4 is 18.3 Å². The standard InChI is InChI=1S/C14H12N4O2/c19-14(12-6-7-13(10-17-20)15-9-12)18-16-8-11-4-2-1-3-5-11/h1-10,20H,(H,18,19)/b16-8+,17-10+. The molecule has 6 nitrogen and oxygen atoms in total. The van der Waals surface area contributed by atoms with Gasteiger partial charge in [0, 0.05) is 6.20 Å². The molecular weight excluding hydrogens is 256 g/mol. The molecule has 0 atom stereocenters. The molecule has 0 saturated heterocycles. The molecule has 0 saturated carbocycles. The summed E-state index contributed by atoms with van der Waals surface area (Å²) >= 11 is 0. The maximum Gasteiger partial charge on any atom is 0.272 e. The molecule has 0 fully saturated rings. The Bertz CT molecular complexity index is 621. The van der Waals surface area contributed by atoms with E-state index in [0.29, 0.717) is 11.3 Å². The number of oxime groups is 1. The van der Waals surface area contributed by atoms with Gasteiger partial charge in [0.15, 0.2) is 0 Å². The minimum Gasteiger partial charge on any atom is -0.411 e. The quantitative estimate of drug-likeness (QED) is 0.502. The number of carbonyl (C=O) groups is 1. The van der Waals surface area contributed by atoms with Crippen LogP contribution in [0.4, 0.5) is 0 Å². The van der Waals surface area contributed by atoms with Gasteiger partial charge in [-0.3, -0.25) is 9.78 Å². The molecule has 2 aromatic rings. The van der Waals surface area contributed by atoms with E-state index >= 15 is 0 Å². The van der Waals surface area contributed by atoms with E-state index in [1.165, 1.54) is 12.4 Å². The molecule has 2 rings (SSSR count). The monoisotopic (exact) mass is 268 g/mol. The number of aromatic nitrogens is 1. The Morgan fingerprint density at radius 2 is 1.95 bits per heavy atom. The minimum atomic E-state index is -0.364. The van der Waals surface area contributed by atoms with Crippen molar-refractivity contribution in [2.24, 2.45) is 10.3 Å². The van der Waals surface area contributed by atoms with Crippen molar-refractivity contribution in [3.8, 4) is 0 Å². The molecule has 1 heterocycles. The van der Waals surface area contributed by atoms with Crippen molar-refractivity contribution in [1.82, 2.24) is 10.4 Å². The first kappa shape index (κ1) is 13.4. The number of nitrogens with one attached hydrogen (secondary N) is 1. The largest absolute Gasteiger partial charge is 0.411 e. The molecule has 1 amide bonds. The van der Waals surface area contributed by atoms with E-state index in [2.05, 4.69) is 20.7 Å². The van der Waals surface area contributed by atoms with Gasteiger partial charge in [-0.1, -0.05) is 35.5 Å². The van der Waals surface area contributed by atoms with Crippen molar-refractivity contribution in [1.29, 1.82) is 0 Å². The van der Waals surface area contributed by atoms with Gasteiger partial charge >= 0.3 is 0 Å². The summed E-state index contributed by atoms with van der Waals surface area (Å²) in [6.07, 6.45) is 4.11. The smallest absolute Gasteiger partial charge is 0.272 e. The van der Waals surface area contributed by atoms with E-state index in [0.717, 1.165) is 5.56 Å². The van der Waals surface area contributed by atoms with Crippen LogP contribution >= 0.6 is 0 Å². The molecule has 0 aliphatic heterocycles. The van der Waals surface area contributed by atoms with Gasteiger partial charge in [0.25, 0.3) is 5.91 Å². The zero-order chi connectivity index (χ0) is 14.2. The Morgan fingerprint density at radius 1 is 1.15 bits per heavy atom. The summed E-state index contributed by atoms with van der Waals surface area (Å²) in [7, 11) is 0. The molecule has 6 heteroatoms. The van der Waals surface area contributed by atoms with Crippen LogP contribution in [-0.4, -0.2) is 28.5 Å². The van der Waals surface area contributed by atoms with Crippen LogP contribution in [0, 0.1) is 0 Å². The predicted molar refractivity (Wildman–Crippen MR) is 75.1 cm³/mol. The van der Waals surface area contributed by atoms with Crippen LogP contribution < -0.4 is 5.43 Å². The van der Waals surface area contributed by atoms with E-state index in [-0.39, 0.29) is 5.91 Å². The van der Waals surface area contributed by atoms with Crippen molar-refractivity contribution in [3.05, 3.63) is 65.5 Å². The van der Waals surface area contributed by atoms with E-state index in [1.807, 2.05) is 30.3 Å². The molecule has 20 heavy (non-hydrogen) atoms. The normalized spacial score (nSPS) is 11.0. The highest BCUT2D eigenvalue weighted by molar-refractivity contribution is 5.95. The Balaban J connectivity index is 1.96. The number of benzene rings is 1. The second kappa shape index (κ2) is 6.79. The molecule has 0 radical (unpaired) electrons. The SMILES string of the molecule is O=C(N/N=C/c1ccccc1)c1ccc(/C=N/O)nc1. The van der Waals surface area contributed by atoms with Gasteiger partial charge in [-0.05, 0) is 17.7 Å². The maximum atomic E-state index is 11.8. The first-order chi connectivity index (χ1) is 9.79. The number of hydrogen-bond donors (Lipinski definition) is 2. The van der Waals surface area contributed by atoms with Gasteiger partial charge in [-0.2, -0.15) is 5.10 Å². The number of amides is 1. The third-order valence-corrected chi connectivity index (χ3v) is 2.42. The molecule has 0 bridgehead atoms. The third kappa shape index (κ3) is 3.74. The van der Waals surface area contributed by atoms with Crippen LogP contribution in [0.3, 0.4) is 0 Å². The maximum absolute atomic E-state index is 11.8. The molecular formula is C14H12N4O2. The summed E-state index contributed by atoms with van der Waals surface area (Å²) in [5.41, 5.74) is 4.12. The number of nitrogens with zero attached hydrogens (tertiary/aromatic N) is 3. The number of hydrogen-bond acceptors (Lipinski definition) is 5. The average molecular weight is 268 g/mol. The van der Waals surface area contributed by atoms with E-state index in [9.17, 15) is 4.79 Å². The summed E-state index contributed by atoms with van der Waals surface area (Å²) in [6.45, 7) is 0. The van der Waals surface area contributed by atoms with Crippen molar-refractivity contribution in [3.63, 3.8) is 0 Å². The lowest BCUT2D eigenvalue weighted by molar-refractivity contribution is 0.0955. The van der Waals surface area contributed by atoms with Gasteiger partial charge in [0.1, 0.15) is 0 Å². The molecule has 0 aliphatic carbocycles. The van der Waals surface area contributed by atoms with Crippen molar-refractivity contribution in [2.45, 2.75) is 0 Å². The molecule has 2 N–H and O–H groups in total. The van der Waals surface area contributed by atoms with Gasteiger partial charge in [-0.15, -0.1) is 0 Å². The summed E-state index contributed by atoms with van der Waals surface area (Å²) in [5, 5.41) is 15.1. The van der Waals surface area contributed by atoms with Crippen LogP contribution in [0.25, 0.3) is 0 Å². The molecule has 0 aliphatic rings. The Morgan fingerprint density at radius 3 is 2.60 bits per heavy atom. The average Bonchev–Trinajstić information content (AvgIpc) is 2.49. The molecule has 0 unspecified atom stereocenters. The Hall–Kier alpha value is -3.02. The Labute approximate surface area is 115 Å². The highest BCUT2D eigenvalue weighted by atomic mass is 16.4. The second-order valence-electron chi connectivity index (χ2n) is 3.83. The fourth-order valence-electron chi connectivity index (χ4n) is 1.44. The Kier molecular flexibility index (Phi) is 4.55. The predicted octanol–water partition coefficient (Wildman–Crippen LogP) is 1.65. The van der Waals surface area contributed by atoms with Crippen LogP contribution in [-0.2, 0) is 0 Å². The highest BCUT2D eigenvalue weighted by Gasteiger charge is 2.04. The summed E-state index contributed by atoms with van der Waals surface area (Å²) in [4.78, 5) is 15.7.